The summed E-state index contributed by atoms with van der Waals surface area (Å²) in [5, 5.41) is 1.01. The van der Waals surface area contributed by atoms with E-state index in [2.05, 4.69) is 52.8 Å². The lowest BCUT2D eigenvalue weighted by atomic mass is 9.96. The second kappa shape index (κ2) is 9.82. The van der Waals surface area contributed by atoms with Crippen molar-refractivity contribution >= 4 is 38.3 Å². The van der Waals surface area contributed by atoms with E-state index in [0.29, 0.717) is 12.5 Å². The van der Waals surface area contributed by atoms with Crippen molar-refractivity contribution in [3.05, 3.63) is 47.5 Å². The van der Waals surface area contributed by atoms with E-state index in [-0.39, 0.29) is 5.92 Å². The average molecular weight is 479 g/mol. The van der Waals surface area contributed by atoms with Gasteiger partial charge in [-0.25, -0.2) is 4.98 Å². The molecule has 34 heavy (non-hydrogen) atoms. The van der Waals surface area contributed by atoms with Crippen LogP contribution in [0.1, 0.15) is 30.9 Å². The number of anilines is 2. The quantitative estimate of drug-likeness (QED) is 0.523. The second-order valence-electron chi connectivity index (χ2n) is 9.45. The third-order valence-corrected chi connectivity index (χ3v) is 8.08. The smallest absolute Gasteiger partial charge is 0.227 e. The summed E-state index contributed by atoms with van der Waals surface area (Å²) in [5.41, 5.74) is 4.89. The van der Waals surface area contributed by atoms with Crippen LogP contribution in [-0.2, 0) is 4.79 Å². The molecule has 2 saturated heterocycles. The van der Waals surface area contributed by atoms with Crippen LogP contribution >= 0.6 is 11.3 Å². The van der Waals surface area contributed by atoms with Gasteiger partial charge in [-0.05, 0) is 69.0 Å². The Morgan fingerprint density at radius 2 is 1.88 bits per heavy atom. The molecule has 6 nitrogen and oxygen atoms in total. The first-order valence-electron chi connectivity index (χ1n) is 12.4. The lowest BCUT2D eigenvalue weighted by Gasteiger charge is -2.40. The van der Waals surface area contributed by atoms with Crippen LogP contribution in [0.15, 0.2) is 36.4 Å². The molecule has 5 rings (SSSR count). The van der Waals surface area contributed by atoms with Crippen molar-refractivity contribution in [1.29, 1.82) is 0 Å². The summed E-state index contributed by atoms with van der Waals surface area (Å²) in [6, 6.07) is 12.7. The minimum Gasteiger partial charge on any atom is -0.494 e. The average Bonchev–Trinajstić information content (AvgIpc) is 3.29. The number of ether oxygens (including phenoxy) is 1. The van der Waals surface area contributed by atoms with Gasteiger partial charge >= 0.3 is 0 Å². The highest BCUT2D eigenvalue weighted by molar-refractivity contribution is 7.22. The molecule has 0 aliphatic carbocycles. The molecule has 0 bridgehead atoms. The van der Waals surface area contributed by atoms with Gasteiger partial charge in [0.2, 0.25) is 5.91 Å². The van der Waals surface area contributed by atoms with Crippen LogP contribution < -0.4 is 14.5 Å². The van der Waals surface area contributed by atoms with Crippen LogP contribution in [0, 0.1) is 19.8 Å². The number of hydrogen-bond acceptors (Lipinski definition) is 6. The zero-order valence-electron chi connectivity index (χ0n) is 20.4. The number of benzene rings is 2. The maximum atomic E-state index is 13.4. The van der Waals surface area contributed by atoms with Gasteiger partial charge in [0.05, 0.1) is 22.7 Å². The van der Waals surface area contributed by atoms with Crippen molar-refractivity contribution in [2.45, 2.75) is 33.6 Å². The molecule has 1 amide bonds. The predicted molar refractivity (Wildman–Crippen MR) is 140 cm³/mol. The fraction of sp³-hybridized carbons (Fsp3) is 0.481. The molecule has 2 aromatic carbocycles. The lowest BCUT2D eigenvalue weighted by molar-refractivity contribution is -0.136. The molecule has 0 spiro atoms. The zero-order valence-corrected chi connectivity index (χ0v) is 21.2. The van der Waals surface area contributed by atoms with E-state index in [9.17, 15) is 4.79 Å². The number of amides is 1. The Labute approximate surface area is 206 Å². The number of piperidine rings is 1. The van der Waals surface area contributed by atoms with Crippen molar-refractivity contribution < 1.29 is 9.53 Å². The first-order valence-corrected chi connectivity index (χ1v) is 13.2. The van der Waals surface area contributed by atoms with Crippen molar-refractivity contribution in [3.63, 3.8) is 0 Å². The third kappa shape index (κ3) is 4.71. The fourth-order valence-corrected chi connectivity index (χ4v) is 6.15. The molecule has 1 unspecified atom stereocenters. The monoisotopic (exact) mass is 478 g/mol. The molecular weight excluding hydrogens is 444 g/mol. The number of hydrogen-bond donors (Lipinski definition) is 0. The van der Waals surface area contributed by atoms with Crippen molar-refractivity contribution in [3.8, 4) is 5.75 Å². The normalized spacial score (nSPS) is 19.0. The number of piperazine rings is 1. The highest BCUT2D eigenvalue weighted by atomic mass is 32.1. The van der Waals surface area contributed by atoms with Gasteiger partial charge in [-0.1, -0.05) is 23.5 Å². The minimum atomic E-state index is 0.0482. The van der Waals surface area contributed by atoms with Gasteiger partial charge in [-0.2, -0.15) is 0 Å². The van der Waals surface area contributed by atoms with Gasteiger partial charge in [-0.15, -0.1) is 0 Å². The molecular formula is C27H34N4O2S. The van der Waals surface area contributed by atoms with Gasteiger partial charge < -0.3 is 19.4 Å². The summed E-state index contributed by atoms with van der Waals surface area (Å²) < 4.78 is 6.78. The Morgan fingerprint density at radius 3 is 2.68 bits per heavy atom. The minimum absolute atomic E-state index is 0.0482. The number of carbonyl (C=O) groups is 1. The van der Waals surface area contributed by atoms with Gasteiger partial charge in [0.15, 0.2) is 5.13 Å². The number of aromatic nitrogens is 1. The fourth-order valence-electron chi connectivity index (χ4n) is 5.12. The number of fused-ring (bicyclic) bond motifs is 1. The lowest BCUT2D eigenvalue weighted by Crippen LogP contribution is -2.52. The largest absolute Gasteiger partial charge is 0.494 e. The Hall–Kier alpha value is -2.80. The molecule has 3 aromatic rings. The van der Waals surface area contributed by atoms with Crippen LogP contribution in [0.4, 0.5) is 10.8 Å². The van der Waals surface area contributed by atoms with Gasteiger partial charge in [0.25, 0.3) is 0 Å². The molecule has 3 heterocycles. The summed E-state index contributed by atoms with van der Waals surface area (Å²) in [4.78, 5) is 25.1. The van der Waals surface area contributed by atoms with Crippen LogP contribution in [0.5, 0.6) is 5.75 Å². The number of carbonyl (C=O) groups excluding carboxylic acids is 1. The number of thiazole rings is 1. The molecule has 2 aliphatic rings. The SMILES string of the molecule is CCOc1ccc2nc(N3CCCC(C(=O)N4CCN(c5cc(C)ccc5C)CC4)C3)sc2c1. The summed E-state index contributed by atoms with van der Waals surface area (Å²) >= 11 is 1.70. The van der Waals surface area contributed by atoms with Gasteiger partial charge in [0, 0.05) is 45.0 Å². The van der Waals surface area contributed by atoms with E-state index in [1.165, 1.54) is 16.8 Å². The Kier molecular flexibility index (Phi) is 6.63. The number of rotatable bonds is 5. The molecule has 0 radical (unpaired) electrons. The first-order chi connectivity index (χ1) is 16.5. The third-order valence-electron chi connectivity index (χ3n) is 7.00. The van der Waals surface area contributed by atoms with E-state index >= 15 is 0 Å². The van der Waals surface area contributed by atoms with Crippen LogP contribution in [0.3, 0.4) is 0 Å². The number of nitrogens with zero attached hydrogens (tertiary/aromatic N) is 4. The van der Waals surface area contributed by atoms with Crippen LogP contribution in [-0.4, -0.2) is 61.7 Å². The van der Waals surface area contributed by atoms with E-state index < -0.39 is 0 Å². The zero-order chi connectivity index (χ0) is 23.7. The summed E-state index contributed by atoms with van der Waals surface area (Å²) in [7, 11) is 0. The molecule has 0 saturated carbocycles. The second-order valence-corrected chi connectivity index (χ2v) is 10.5. The highest BCUT2D eigenvalue weighted by Gasteiger charge is 2.32. The van der Waals surface area contributed by atoms with E-state index in [1.54, 1.807) is 11.3 Å². The molecule has 180 valence electrons. The maximum Gasteiger partial charge on any atom is 0.227 e. The predicted octanol–water partition coefficient (Wildman–Crippen LogP) is 4.88. The molecule has 7 heteroatoms. The Bertz CT molecular complexity index is 1170. The standard InChI is InChI=1S/C27H34N4O2S/c1-4-33-22-9-10-23-25(17-22)34-27(28-23)31-11-5-6-21(18-31)26(32)30-14-12-29(13-15-30)24-16-19(2)7-8-20(24)3/h7-10,16-17,21H,4-6,11-15,18H2,1-3H3. The molecule has 1 aromatic heterocycles. The Morgan fingerprint density at radius 1 is 1.06 bits per heavy atom. The first kappa shape index (κ1) is 23.0. The molecule has 2 fully saturated rings. The van der Waals surface area contributed by atoms with Gasteiger partial charge in [0.1, 0.15) is 5.75 Å². The van der Waals surface area contributed by atoms with Crippen LogP contribution in [0.25, 0.3) is 10.2 Å². The molecule has 0 N–H and O–H groups in total. The topological polar surface area (TPSA) is 48.9 Å². The maximum absolute atomic E-state index is 13.4. The van der Waals surface area contributed by atoms with Gasteiger partial charge in [-0.3, -0.25) is 4.79 Å². The van der Waals surface area contributed by atoms with Crippen molar-refractivity contribution in [1.82, 2.24) is 9.88 Å². The Balaban J connectivity index is 1.22. The van der Waals surface area contributed by atoms with Crippen LogP contribution in [0.2, 0.25) is 0 Å². The highest BCUT2D eigenvalue weighted by Crippen LogP contribution is 2.34. The summed E-state index contributed by atoms with van der Waals surface area (Å²) in [5.74, 6) is 1.24. The van der Waals surface area contributed by atoms with Crippen molar-refractivity contribution in [2.75, 3.05) is 55.7 Å². The molecule has 2 aliphatic heterocycles. The summed E-state index contributed by atoms with van der Waals surface area (Å²) in [6.45, 7) is 12.1. The van der Waals surface area contributed by atoms with E-state index in [0.717, 1.165) is 73.2 Å². The number of aryl methyl sites for hydroxylation is 2. The molecule has 1 atom stereocenters. The van der Waals surface area contributed by atoms with Crippen molar-refractivity contribution in [2.24, 2.45) is 5.92 Å². The van der Waals surface area contributed by atoms with E-state index in [1.807, 2.05) is 19.1 Å². The van der Waals surface area contributed by atoms with E-state index in [4.69, 9.17) is 9.72 Å². The summed E-state index contributed by atoms with van der Waals surface area (Å²) in [6.07, 6.45) is 1.99.